The van der Waals surface area contributed by atoms with Gasteiger partial charge in [-0.2, -0.15) is 0 Å². The van der Waals surface area contributed by atoms with E-state index in [0.29, 0.717) is 11.4 Å². The van der Waals surface area contributed by atoms with Crippen LogP contribution in [-0.2, 0) is 7.05 Å². The summed E-state index contributed by atoms with van der Waals surface area (Å²) in [7, 11) is 1.37. The normalized spacial score (nSPS) is 10.8. The van der Waals surface area contributed by atoms with Crippen LogP contribution in [-0.4, -0.2) is 24.7 Å². The van der Waals surface area contributed by atoms with Gasteiger partial charge in [-0.25, -0.2) is 14.8 Å². The van der Waals surface area contributed by atoms with E-state index in [2.05, 4.69) is 25.1 Å². The van der Waals surface area contributed by atoms with Gasteiger partial charge in [0.05, 0.1) is 5.56 Å². The Balaban J connectivity index is 2.33. The molecule has 0 aliphatic heterocycles. The number of aromatic nitrogens is 6. The van der Waals surface area contributed by atoms with Gasteiger partial charge in [-0.3, -0.25) is 14.3 Å². The molecule has 0 saturated carbocycles. The van der Waals surface area contributed by atoms with Crippen molar-refractivity contribution in [2.45, 2.75) is 0 Å². The van der Waals surface area contributed by atoms with E-state index in [9.17, 15) is 9.59 Å². The van der Waals surface area contributed by atoms with Gasteiger partial charge in [-0.15, -0.1) is 10.2 Å². The number of aromatic amines is 2. The van der Waals surface area contributed by atoms with Crippen LogP contribution in [0.4, 0.5) is 0 Å². The van der Waals surface area contributed by atoms with E-state index in [1.54, 1.807) is 24.5 Å². The average Bonchev–Trinajstić information content (AvgIpc) is 2.46. The van der Waals surface area contributed by atoms with Crippen molar-refractivity contribution in [1.82, 2.24) is 24.7 Å². The second-order valence-electron chi connectivity index (χ2n) is 3.92. The summed E-state index contributed by atoms with van der Waals surface area (Å²) in [5, 5.41) is 7.71. The van der Waals surface area contributed by atoms with E-state index in [4.69, 9.17) is 0 Å². The lowest BCUT2D eigenvalue weighted by Crippen LogP contribution is -2.33. The zero-order chi connectivity index (χ0) is 13.4. The van der Waals surface area contributed by atoms with E-state index < -0.39 is 11.2 Å². The van der Waals surface area contributed by atoms with E-state index in [0.717, 1.165) is 4.57 Å². The molecule has 3 aromatic rings. The van der Waals surface area contributed by atoms with Crippen molar-refractivity contribution in [2.75, 3.05) is 0 Å². The number of nitrogens with one attached hydrogen (secondary N) is 2. The first-order valence-corrected chi connectivity index (χ1v) is 5.47. The summed E-state index contributed by atoms with van der Waals surface area (Å²) in [6.07, 6.45) is 3.44. The molecule has 0 radical (unpaired) electrons. The van der Waals surface area contributed by atoms with Crippen LogP contribution in [0.1, 0.15) is 0 Å². The van der Waals surface area contributed by atoms with E-state index in [1.807, 2.05) is 0 Å². The van der Waals surface area contributed by atoms with Gasteiger partial charge in [0.15, 0.2) is 29.4 Å². The maximum atomic E-state index is 11.9. The fraction of sp³-hybridized carbons (Fsp3) is 0.0909. The minimum absolute atomic E-state index is 0.0796. The first-order valence-electron chi connectivity index (χ1n) is 5.47. The van der Waals surface area contributed by atoms with Crippen molar-refractivity contribution in [3.63, 3.8) is 0 Å². The Labute approximate surface area is 105 Å². The summed E-state index contributed by atoms with van der Waals surface area (Å²) >= 11 is 0. The van der Waals surface area contributed by atoms with Gasteiger partial charge in [0.25, 0.3) is 5.56 Å². The number of H-pyrrole nitrogens is 2. The van der Waals surface area contributed by atoms with E-state index in [-0.39, 0.29) is 11.2 Å². The molecule has 19 heavy (non-hydrogen) atoms. The molecule has 3 heterocycles. The molecule has 3 rings (SSSR count). The highest BCUT2D eigenvalue weighted by molar-refractivity contribution is 5.69. The molecule has 0 spiro atoms. The lowest BCUT2D eigenvalue weighted by atomic mass is 10.3. The molecule has 3 aromatic heterocycles. The summed E-state index contributed by atoms with van der Waals surface area (Å²) in [6.45, 7) is 0. The third-order valence-corrected chi connectivity index (χ3v) is 2.69. The summed E-state index contributed by atoms with van der Waals surface area (Å²) in [6, 6.07) is 3.57. The number of pyridine rings is 1. The van der Waals surface area contributed by atoms with Crippen LogP contribution < -0.4 is 16.2 Å². The van der Waals surface area contributed by atoms with Crippen molar-refractivity contribution in [1.29, 1.82) is 0 Å². The highest BCUT2D eigenvalue weighted by atomic mass is 16.2. The summed E-state index contributed by atoms with van der Waals surface area (Å²) < 4.78 is 0.942. The maximum Gasteiger partial charge on any atom is 0.329 e. The van der Waals surface area contributed by atoms with Crippen LogP contribution in [0.2, 0.25) is 0 Å². The maximum absolute atomic E-state index is 11.9. The minimum Gasteiger partial charge on any atom is -0.288 e. The first-order chi connectivity index (χ1) is 9.16. The molecule has 0 amide bonds. The van der Waals surface area contributed by atoms with Gasteiger partial charge in [-0.05, 0) is 6.07 Å². The predicted molar refractivity (Wildman–Crippen MR) is 65.2 cm³/mol. The Morgan fingerprint density at radius 3 is 2.89 bits per heavy atom. The molecule has 8 heteroatoms. The summed E-state index contributed by atoms with van der Waals surface area (Å²) in [4.78, 5) is 32.8. The molecule has 2 N–H and O–H groups in total. The monoisotopic (exact) mass is 257 g/mol. The molecule has 0 aliphatic carbocycles. The second-order valence-corrected chi connectivity index (χ2v) is 3.92. The second kappa shape index (κ2) is 4.09. The van der Waals surface area contributed by atoms with Crippen molar-refractivity contribution in [2.24, 2.45) is 7.05 Å². The third-order valence-electron chi connectivity index (χ3n) is 2.69. The molecule has 0 fully saturated rings. The Bertz CT molecular complexity index is 868. The van der Waals surface area contributed by atoms with Crippen LogP contribution >= 0.6 is 0 Å². The summed E-state index contributed by atoms with van der Waals surface area (Å²) in [5.74, 6) is 0.313. The third kappa shape index (κ3) is 1.79. The quantitative estimate of drug-likeness (QED) is 0.595. The smallest absolute Gasteiger partial charge is 0.288 e. The number of hydrogen-bond acceptors (Lipinski definition) is 5. The standard InChI is InChI=1S/C11H8N6O2/c1-17-10(18)7-9(14-11(17)19)16-15-8(13-7)6-3-2-4-12-5-6/h2-5H,1H3,(H,14,16,19)/p+1. The Morgan fingerprint density at radius 1 is 1.32 bits per heavy atom. The SMILES string of the molecule is Cn1c(=O)[nH]c2nnc(-c3ccc[nH+]c3)nc2c1=O. The van der Waals surface area contributed by atoms with E-state index >= 15 is 0 Å². The zero-order valence-electron chi connectivity index (χ0n) is 9.91. The first kappa shape index (κ1) is 11.2. The molecule has 0 saturated heterocycles. The van der Waals surface area contributed by atoms with Crippen molar-refractivity contribution >= 4 is 11.2 Å². The van der Waals surface area contributed by atoms with Crippen LogP contribution in [0.5, 0.6) is 0 Å². The Morgan fingerprint density at radius 2 is 2.16 bits per heavy atom. The van der Waals surface area contributed by atoms with Gasteiger partial charge < -0.3 is 0 Å². The fourth-order valence-electron chi connectivity index (χ4n) is 1.65. The van der Waals surface area contributed by atoms with Gasteiger partial charge in [0.2, 0.25) is 0 Å². The van der Waals surface area contributed by atoms with Crippen LogP contribution in [0.3, 0.4) is 0 Å². The van der Waals surface area contributed by atoms with Crippen LogP contribution in [0.25, 0.3) is 22.6 Å². The van der Waals surface area contributed by atoms with Gasteiger partial charge in [0.1, 0.15) is 0 Å². The predicted octanol–water partition coefficient (Wildman–Crippen LogP) is -1.11. The van der Waals surface area contributed by atoms with Crippen LogP contribution in [0.15, 0.2) is 34.1 Å². The van der Waals surface area contributed by atoms with Crippen molar-refractivity contribution < 1.29 is 4.98 Å². The largest absolute Gasteiger partial charge is 0.329 e. The highest BCUT2D eigenvalue weighted by Gasteiger charge is 2.11. The molecular formula is C11H9N6O2+. The van der Waals surface area contributed by atoms with Gasteiger partial charge in [-0.1, -0.05) is 0 Å². The van der Waals surface area contributed by atoms with E-state index in [1.165, 1.54) is 7.05 Å². The van der Waals surface area contributed by atoms with Crippen LogP contribution in [0, 0.1) is 0 Å². The molecule has 0 aromatic carbocycles. The number of rotatable bonds is 1. The number of fused-ring (bicyclic) bond motifs is 1. The molecular weight excluding hydrogens is 248 g/mol. The Kier molecular flexibility index (Phi) is 2.41. The lowest BCUT2D eigenvalue weighted by molar-refractivity contribution is -0.377. The number of nitrogens with zero attached hydrogens (tertiary/aromatic N) is 4. The zero-order valence-corrected chi connectivity index (χ0v) is 9.91. The minimum atomic E-state index is -0.547. The van der Waals surface area contributed by atoms with Crippen molar-refractivity contribution in [3.05, 3.63) is 45.4 Å². The van der Waals surface area contributed by atoms with Gasteiger partial charge in [0, 0.05) is 13.1 Å². The topological polar surface area (TPSA) is 108 Å². The summed E-state index contributed by atoms with van der Waals surface area (Å²) in [5.41, 5.74) is -0.193. The molecule has 94 valence electrons. The Hall–Kier alpha value is -2.90. The molecule has 0 bridgehead atoms. The molecule has 0 unspecified atom stereocenters. The number of hydrogen-bond donors (Lipinski definition) is 1. The molecule has 8 nitrogen and oxygen atoms in total. The highest BCUT2D eigenvalue weighted by Crippen LogP contribution is 2.10. The lowest BCUT2D eigenvalue weighted by Gasteiger charge is -2.00. The molecule has 0 atom stereocenters. The van der Waals surface area contributed by atoms with Crippen molar-refractivity contribution in [3.8, 4) is 11.4 Å². The van der Waals surface area contributed by atoms with Gasteiger partial charge >= 0.3 is 5.69 Å². The fourth-order valence-corrected chi connectivity index (χ4v) is 1.65. The average molecular weight is 257 g/mol. The molecule has 0 aliphatic rings.